The smallest absolute Gasteiger partial charge is 0.368 e. The van der Waals surface area contributed by atoms with E-state index in [1.165, 1.54) is 23.1 Å². The third-order valence-electron chi connectivity index (χ3n) is 5.25. The summed E-state index contributed by atoms with van der Waals surface area (Å²) in [6.07, 6.45) is 1.16. The summed E-state index contributed by atoms with van der Waals surface area (Å²) in [7, 11) is 0. The molecular formula is C27H29F3N4O. The number of amides is 1. The van der Waals surface area contributed by atoms with Gasteiger partial charge in [-0.3, -0.25) is 4.79 Å². The van der Waals surface area contributed by atoms with Crippen molar-refractivity contribution in [2.45, 2.75) is 26.9 Å². The second-order valence-electron chi connectivity index (χ2n) is 7.36. The van der Waals surface area contributed by atoms with Crippen molar-refractivity contribution in [1.82, 2.24) is 9.88 Å². The second kappa shape index (κ2) is 12.6. The molecule has 184 valence electrons. The Morgan fingerprint density at radius 3 is 2.29 bits per heavy atom. The Morgan fingerprint density at radius 1 is 1.14 bits per heavy atom. The lowest BCUT2D eigenvalue weighted by Gasteiger charge is -2.36. The lowest BCUT2D eigenvalue weighted by atomic mass is 10.0. The predicted octanol–water partition coefficient (Wildman–Crippen LogP) is 6.11. The number of halogens is 3. The van der Waals surface area contributed by atoms with Gasteiger partial charge in [0, 0.05) is 37.4 Å². The molecule has 1 saturated heterocycles. The van der Waals surface area contributed by atoms with E-state index < -0.39 is 23.3 Å². The van der Waals surface area contributed by atoms with E-state index in [-0.39, 0.29) is 24.3 Å². The number of nitriles is 1. The highest BCUT2D eigenvalue weighted by molar-refractivity contribution is 5.96. The quantitative estimate of drug-likeness (QED) is 0.483. The van der Waals surface area contributed by atoms with Crippen molar-refractivity contribution < 1.29 is 18.0 Å². The van der Waals surface area contributed by atoms with Crippen LogP contribution in [0.5, 0.6) is 0 Å². The second-order valence-corrected chi connectivity index (χ2v) is 7.36. The molecule has 2 heterocycles. The molecule has 0 aliphatic carbocycles. The van der Waals surface area contributed by atoms with Crippen LogP contribution in [0.15, 0.2) is 67.3 Å². The summed E-state index contributed by atoms with van der Waals surface area (Å²) < 4.78 is 41.8. The predicted molar refractivity (Wildman–Crippen MR) is 133 cm³/mol. The molecule has 2 aromatic rings. The highest BCUT2D eigenvalue weighted by atomic mass is 19.4. The van der Waals surface area contributed by atoms with E-state index in [0.717, 1.165) is 11.8 Å². The Balaban J connectivity index is 0.00000210. The number of hydrogen-bond acceptors (Lipinski definition) is 4. The Morgan fingerprint density at radius 2 is 1.77 bits per heavy atom. The first-order valence-electron chi connectivity index (χ1n) is 11.4. The average Bonchev–Trinajstić information content (AvgIpc) is 2.88. The minimum atomic E-state index is -4.87. The molecule has 0 atom stereocenters. The van der Waals surface area contributed by atoms with Gasteiger partial charge in [-0.05, 0) is 25.1 Å². The van der Waals surface area contributed by atoms with Gasteiger partial charge in [0.25, 0.3) is 5.91 Å². The van der Waals surface area contributed by atoms with Gasteiger partial charge in [-0.2, -0.15) is 18.4 Å². The van der Waals surface area contributed by atoms with E-state index in [1.54, 1.807) is 13.0 Å². The Bertz CT molecular complexity index is 1120. The number of para-hydroxylation sites is 1. The third kappa shape index (κ3) is 6.60. The molecule has 0 spiro atoms. The van der Waals surface area contributed by atoms with Gasteiger partial charge in [0.1, 0.15) is 6.07 Å². The van der Waals surface area contributed by atoms with Crippen LogP contribution in [0.2, 0.25) is 0 Å². The van der Waals surface area contributed by atoms with Gasteiger partial charge in [-0.15, -0.1) is 0 Å². The molecule has 1 amide bonds. The summed E-state index contributed by atoms with van der Waals surface area (Å²) in [5.41, 5.74) is -0.886. The molecule has 1 aliphatic heterocycles. The maximum Gasteiger partial charge on any atom is 0.434 e. The van der Waals surface area contributed by atoms with Gasteiger partial charge in [-0.25, -0.2) is 4.98 Å². The standard InChI is InChI=1S/C25H23F3N4O.C2H6/c1-3-8-18(9-4-2)22-19(17-29)16-21(23(30-22)25(26,27)28)24(33)32-14-12-31(13-15-32)20-10-6-5-7-11-20;1-2/h3-11,16H,1,12-15H2,2H3;1-2H3/b9-4-,18-8+;. The summed E-state index contributed by atoms with van der Waals surface area (Å²) in [5.74, 6) is -0.786. The highest BCUT2D eigenvalue weighted by Crippen LogP contribution is 2.34. The zero-order valence-electron chi connectivity index (χ0n) is 20.1. The number of rotatable bonds is 5. The van der Waals surface area contributed by atoms with Gasteiger partial charge in [0.15, 0.2) is 5.69 Å². The minimum absolute atomic E-state index is 0.111. The van der Waals surface area contributed by atoms with Crippen molar-refractivity contribution in [2.24, 2.45) is 0 Å². The largest absolute Gasteiger partial charge is 0.434 e. The summed E-state index contributed by atoms with van der Waals surface area (Å²) in [6, 6.07) is 12.5. The number of anilines is 1. The highest BCUT2D eigenvalue weighted by Gasteiger charge is 2.40. The monoisotopic (exact) mass is 482 g/mol. The lowest BCUT2D eigenvalue weighted by molar-refractivity contribution is -0.141. The number of carbonyl (C=O) groups is 1. The summed E-state index contributed by atoms with van der Waals surface area (Å²) >= 11 is 0. The van der Waals surface area contributed by atoms with Gasteiger partial charge in [0.05, 0.1) is 16.8 Å². The zero-order valence-corrected chi connectivity index (χ0v) is 20.1. The SMILES string of the molecule is C=C/C=C(\C=C/C)c1nc(C(F)(F)F)c(C(=O)N2CCN(c3ccccc3)CC2)cc1C#N.CC. The maximum absolute atomic E-state index is 13.9. The summed E-state index contributed by atoms with van der Waals surface area (Å²) in [4.78, 5) is 20.3. The first-order chi connectivity index (χ1) is 16.8. The molecule has 0 N–H and O–H groups in total. The number of piperazine rings is 1. The van der Waals surface area contributed by atoms with Crippen LogP contribution in [0.1, 0.15) is 48.1 Å². The number of carbonyl (C=O) groups excluding carboxylic acids is 1. The van der Waals surface area contributed by atoms with Crippen molar-refractivity contribution >= 4 is 17.2 Å². The van der Waals surface area contributed by atoms with E-state index >= 15 is 0 Å². The number of alkyl halides is 3. The van der Waals surface area contributed by atoms with Crippen molar-refractivity contribution in [1.29, 1.82) is 5.26 Å². The van der Waals surface area contributed by atoms with Gasteiger partial charge >= 0.3 is 6.18 Å². The van der Waals surface area contributed by atoms with Crippen LogP contribution >= 0.6 is 0 Å². The van der Waals surface area contributed by atoms with E-state index in [9.17, 15) is 23.2 Å². The topological polar surface area (TPSA) is 60.2 Å². The molecule has 0 unspecified atom stereocenters. The molecule has 8 heteroatoms. The molecule has 5 nitrogen and oxygen atoms in total. The molecule has 0 bridgehead atoms. The average molecular weight is 483 g/mol. The van der Waals surface area contributed by atoms with Crippen LogP contribution in [0.4, 0.5) is 18.9 Å². The molecule has 35 heavy (non-hydrogen) atoms. The van der Waals surface area contributed by atoms with Crippen molar-refractivity contribution in [2.75, 3.05) is 31.1 Å². The van der Waals surface area contributed by atoms with E-state index in [0.29, 0.717) is 18.7 Å². The van der Waals surface area contributed by atoms with Crippen LogP contribution in [0, 0.1) is 11.3 Å². The van der Waals surface area contributed by atoms with Crippen LogP contribution in [-0.2, 0) is 6.18 Å². The first-order valence-corrected chi connectivity index (χ1v) is 11.4. The summed E-state index contributed by atoms with van der Waals surface area (Å²) in [5, 5.41) is 9.59. The number of allylic oxidation sites excluding steroid dienone is 5. The van der Waals surface area contributed by atoms with Gasteiger partial charge in [-0.1, -0.05) is 62.9 Å². The van der Waals surface area contributed by atoms with Crippen molar-refractivity contribution in [3.8, 4) is 6.07 Å². The minimum Gasteiger partial charge on any atom is -0.368 e. The van der Waals surface area contributed by atoms with Crippen LogP contribution < -0.4 is 4.90 Å². The fourth-order valence-electron chi connectivity index (χ4n) is 3.69. The zero-order chi connectivity index (χ0) is 26.0. The lowest BCUT2D eigenvalue weighted by Crippen LogP contribution is -2.49. The van der Waals surface area contributed by atoms with Crippen LogP contribution in [0.3, 0.4) is 0 Å². The Labute approximate surface area is 204 Å². The van der Waals surface area contributed by atoms with Crippen LogP contribution in [-0.4, -0.2) is 42.0 Å². The molecule has 3 rings (SSSR count). The number of hydrogen-bond donors (Lipinski definition) is 0. The van der Waals surface area contributed by atoms with Gasteiger partial charge < -0.3 is 9.80 Å². The van der Waals surface area contributed by atoms with Crippen molar-refractivity contribution in [3.05, 3.63) is 89.8 Å². The van der Waals surface area contributed by atoms with Gasteiger partial charge in [0.2, 0.25) is 0 Å². The summed E-state index contributed by atoms with van der Waals surface area (Å²) in [6.45, 7) is 10.7. The molecule has 1 fully saturated rings. The molecular weight excluding hydrogens is 453 g/mol. The van der Waals surface area contributed by atoms with E-state index in [1.807, 2.05) is 50.2 Å². The third-order valence-corrected chi connectivity index (χ3v) is 5.25. The maximum atomic E-state index is 13.9. The molecule has 1 aromatic heterocycles. The van der Waals surface area contributed by atoms with E-state index in [2.05, 4.69) is 16.5 Å². The van der Waals surface area contributed by atoms with Crippen molar-refractivity contribution in [3.63, 3.8) is 0 Å². The molecule has 0 saturated carbocycles. The van der Waals surface area contributed by atoms with E-state index in [4.69, 9.17) is 0 Å². The number of nitrogens with zero attached hydrogens (tertiary/aromatic N) is 4. The molecule has 1 aromatic carbocycles. The first kappa shape index (κ1) is 27.4. The Hall–Kier alpha value is -3.86. The normalized spacial score (nSPS) is 14.3. The fourth-order valence-corrected chi connectivity index (χ4v) is 3.69. The fraction of sp³-hybridized carbons (Fsp3) is 0.296. The van der Waals surface area contributed by atoms with Crippen LogP contribution in [0.25, 0.3) is 5.57 Å². The molecule has 1 aliphatic rings. The molecule has 0 radical (unpaired) electrons. The Kier molecular flexibility index (Phi) is 9.83. The number of benzene rings is 1. The number of aromatic nitrogens is 1. The number of pyridine rings is 1.